The van der Waals surface area contributed by atoms with Crippen LogP contribution in [0.15, 0.2) is 28.7 Å². The molecule has 0 nitrogen and oxygen atoms in total. The fraction of sp³-hybridized carbons (Fsp3) is 0.100. The van der Waals surface area contributed by atoms with Crippen LogP contribution in [-0.4, -0.2) is 0 Å². The van der Waals surface area contributed by atoms with E-state index < -0.39 is 0 Å². The third kappa shape index (κ3) is 1.30. The largest absolute Gasteiger partial charge is 0.101 e. The van der Waals surface area contributed by atoms with Crippen LogP contribution in [0.1, 0.15) is 6.42 Å². The quantitative estimate of drug-likeness (QED) is 0.605. The molecule has 1 aliphatic carbocycles. The Kier molecular flexibility index (Phi) is 1.69. The first kappa shape index (κ1) is 6.90. The van der Waals surface area contributed by atoms with Gasteiger partial charge in [-0.2, -0.15) is 0 Å². The molecule has 0 saturated heterocycles. The Morgan fingerprint density at radius 1 is 1.27 bits per heavy atom. The van der Waals surface area contributed by atoms with E-state index in [1.807, 2.05) is 6.07 Å². The van der Waals surface area contributed by atoms with Crippen LogP contribution in [0.4, 0.5) is 0 Å². The lowest BCUT2D eigenvalue weighted by atomic mass is 10.1. The Balaban J connectivity index is 2.96. The SMILES string of the molecule is BrC1=C=c2ccccc2=CC1. The summed E-state index contributed by atoms with van der Waals surface area (Å²) in [6.45, 7) is 0. The van der Waals surface area contributed by atoms with E-state index in [-0.39, 0.29) is 0 Å². The molecule has 1 aromatic rings. The summed E-state index contributed by atoms with van der Waals surface area (Å²) in [5, 5.41) is 2.47. The molecule has 0 unspecified atom stereocenters. The maximum Gasteiger partial charge on any atom is 0.0412 e. The second-order valence-electron chi connectivity index (χ2n) is 2.53. The second kappa shape index (κ2) is 2.69. The fourth-order valence-corrected chi connectivity index (χ4v) is 1.56. The fourth-order valence-electron chi connectivity index (χ4n) is 1.19. The predicted octanol–water partition coefficient (Wildman–Crippen LogP) is 1.53. The Morgan fingerprint density at radius 2 is 2.09 bits per heavy atom. The highest BCUT2D eigenvalue weighted by molar-refractivity contribution is 9.11. The van der Waals surface area contributed by atoms with E-state index >= 15 is 0 Å². The number of halogens is 1. The van der Waals surface area contributed by atoms with Gasteiger partial charge in [-0.25, -0.2) is 0 Å². The van der Waals surface area contributed by atoms with Crippen LogP contribution >= 0.6 is 15.9 Å². The molecule has 2 rings (SSSR count). The number of rotatable bonds is 0. The predicted molar refractivity (Wildman–Crippen MR) is 50.6 cm³/mol. The normalized spacial score (nSPS) is 14.1. The summed E-state index contributed by atoms with van der Waals surface area (Å²) >= 11 is 3.43. The first-order chi connectivity index (χ1) is 5.36. The van der Waals surface area contributed by atoms with Gasteiger partial charge in [0.15, 0.2) is 0 Å². The molecule has 0 amide bonds. The number of hydrogen-bond acceptors (Lipinski definition) is 0. The van der Waals surface area contributed by atoms with Crippen molar-refractivity contribution in [2.75, 3.05) is 0 Å². The van der Waals surface area contributed by atoms with E-state index in [0.29, 0.717) is 0 Å². The van der Waals surface area contributed by atoms with Crippen molar-refractivity contribution in [3.63, 3.8) is 0 Å². The molecule has 0 spiro atoms. The van der Waals surface area contributed by atoms with Crippen LogP contribution < -0.4 is 10.4 Å². The zero-order chi connectivity index (χ0) is 7.68. The van der Waals surface area contributed by atoms with Crippen molar-refractivity contribution in [2.45, 2.75) is 6.42 Å². The standard InChI is InChI=1S/C10H7Br/c11-10-6-5-8-3-1-2-4-9(8)7-10/h1-5H,6H2. The molecule has 1 aromatic carbocycles. The van der Waals surface area contributed by atoms with Gasteiger partial charge in [-0.3, -0.25) is 0 Å². The summed E-state index contributed by atoms with van der Waals surface area (Å²) in [7, 11) is 0. The molecule has 0 saturated carbocycles. The lowest BCUT2D eigenvalue weighted by molar-refractivity contribution is 1.39. The van der Waals surface area contributed by atoms with Gasteiger partial charge in [0, 0.05) is 16.1 Å². The molecule has 0 fully saturated rings. The summed E-state index contributed by atoms with van der Waals surface area (Å²) < 4.78 is 1.14. The van der Waals surface area contributed by atoms with Crippen LogP contribution in [-0.2, 0) is 0 Å². The molecule has 0 bridgehead atoms. The minimum atomic E-state index is 0.969. The summed E-state index contributed by atoms with van der Waals surface area (Å²) in [6.07, 6.45) is 3.17. The maximum absolute atomic E-state index is 3.43. The third-order valence-electron chi connectivity index (χ3n) is 1.73. The van der Waals surface area contributed by atoms with E-state index in [9.17, 15) is 0 Å². The second-order valence-corrected chi connectivity index (χ2v) is 3.48. The molecule has 0 atom stereocenters. The molecule has 0 radical (unpaired) electrons. The van der Waals surface area contributed by atoms with Gasteiger partial charge >= 0.3 is 0 Å². The van der Waals surface area contributed by atoms with E-state index in [2.05, 4.69) is 45.9 Å². The molecular weight excluding hydrogens is 200 g/mol. The third-order valence-corrected chi connectivity index (χ3v) is 2.25. The van der Waals surface area contributed by atoms with Gasteiger partial charge in [0.1, 0.15) is 0 Å². The minimum absolute atomic E-state index is 0.969. The van der Waals surface area contributed by atoms with Crippen molar-refractivity contribution in [1.29, 1.82) is 0 Å². The summed E-state index contributed by atoms with van der Waals surface area (Å²) in [5.74, 6) is 0. The van der Waals surface area contributed by atoms with Crippen molar-refractivity contribution >= 4 is 27.7 Å². The summed E-state index contributed by atoms with van der Waals surface area (Å²) in [6, 6.07) is 8.27. The highest BCUT2D eigenvalue weighted by Gasteiger charge is 1.92. The molecule has 0 N–H and O–H groups in total. The molecule has 11 heavy (non-hydrogen) atoms. The van der Waals surface area contributed by atoms with Crippen molar-refractivity contribution in [3.05, 3.63) is 39.2 Å². The Hall–Kier alpha value is -0.780. The van der Waals surface area contributed by atoms with E-state index in [1.54, 1.807) is 0 Å². The van der Waals surface area contributed by atoms with Gasteiger partial charge in [-0.1, -0.05) is 24.3 Å². The Labute approximate surface area is 73.7 Å². The van der Waals surface area contributed by atoms with Gasteiger partial charge in [0.25, 0.3) is 0 Å². The number of allylic oxidation sites excluding steroid dienone is 1. The lowest BCUT2D eigenvalue weighted by Crippen LogP contribution is -2.24. The first-order valence-electron chi connectivity index (χ1n) is 3.57. The van der Waals surface area contributed by atoms with Crippen molar-refractivity contribution in [2.24, 2.45) is 0 Å². The van der Waals surface area contributed by atoms with E-state index in [4.69, 9.17) is 0 Å². The van der Waals surface area contributed by atoms with Crippen LogP contribution in [0.25, 0.3) is 11.8 Å². The van der Waals surface area contributed by atoms with Crippen molar-refractivity contribution in [3.8, 4) is 0 Å². The molecule has 0 heterocycles. The van der Waals surface area contributed by atoms with Crippen molar-refractivity contribution in [1.82, 2.24) is 0 Å². The smallest absolute Gasteiger partial charge is 0.0412 e. The summed E-state index contributed by atoms with van der Waals surface area (Å²) in [5.41, 5.74) is 3.26. The zero-order valence-electron chi connectivity index (χ0n) is 5.97. The van der Waals surface area contributed by atoms with Gasteiger partial charge in [0.2, 0.25) is 0 Å². The highest BCUT2D eigenvalue weighted by Crippen LogP contribution is 2.09. The maximum atomic E-state index is 3.43. The average Bonchev–Trinajstić information content (AvgIpc) is 2.04. The molecule has 0 aromatic heterocycles. The minimum Gasteiger partial charge on any atom is -0.101 e. The van der Waals surface area contributed by atoms with Gasteiger partial charge in [-0.15, -0.1) is 5.73 Å². The average molecular weight is 207 g/mol. The van der Waals surface area contributed by atoms with Gasteiger partial charge < -0.3 is 0 Å². The van der Waals surface area contributed by atoms with Crippen LogP contribution in [0, 0.1) is 0 Å². The number of hydrogen-bond donors (Lipinski definition) is 0. The molecule has 1 aliphatic rings. The van der Waals surface area contributed by atoms with Gasteiger partial charge in [0.05, 0.1) is 0 Å². The number of fused-ring (bicyclic) bond motifs is 1. The zero-order valence-corrected chi connectivity index (χ0v) is 7.56. The monoisotopic (exact) mass is 206 g/mol. The molecular formula is C10H7Br. The highest BCUT2D eigenvalue weighted by atomic mass is 79.9. The van der Waals surface area contributed by atoms with E-state index in [0.717, 1.165) is 10.9 Å². The number of benzene rings is 1. The lowest BCUT2D eigenvalue weighted by Gasteiger charge is -1.95. The first-order valence-corrected chi connectivity index (χ1v) is 4.36. The van der Waals surface area contributed by atoms with Crippen molar-refractivity contribution < 1.29 is 0 Å². The molecule has 54 valence electrons. The van der Waals surface area contributed by atoms with Crippen LogP contribution in [0.3, 0.4) is 0 Å². The van der Waals surface area contributed by atoms with Crippen LogP contribution in [0.2, 0.25) is 0 Å². The van der Waals surface area contributed by atoms with E-state index in [1.165, 1.54) is 10.4 Å². The van der Waals surface area contributed by atoms with Gasteiger partial charge in [-0.05, 0) is 27.2 Å². The molecule has 0 aliphatic heterocycles. The topological polar surface area (TPSA) is 0 Å². The Morgan fingerprint density at radius 3 is 3.00 bits per heavy atom. The van der Waals surface area contributed by atoms with Crippen LogP contribution in [0.5, 0.6) is 0 Å². The molecule has 1 heteroatoms. The Bertz CT molecular complexity index is 422. The summed E-state index contributed by atoms with van der Waals surface area (Å²) in [4.78, 5) is 0.